The number of likely N-dealkylation sites (tertiary alicyclic amines) is 1. The number of piperidine rings is 1. The molecule has 2 rings (SSSR count). The summed E-state index contributed by atoms with van der Waals surface area (Å²) in [5.41, 5.74) is 13.4. The summed E-state index contributed by atoms with van der Waals surface area (Å²) in [6, 6.07) is 5.62. The number of amides is 1. The SMILES string of the molecule is CN1CCCC(N(C)c2cc(C(N)=O)ccc2N)C1. The van der Waals surface area contributed by atoms with Gasteiger partial charge in [-0.05, 0) is 44.6 Å². The number of nitrogens with two attached hydrogens (primary N) is 2. The molecule has 1 unspecified atom stereocenters. The van der Waals surface area contributed by atoms with Gasteiger partial charge in [0.15, 0.2) is 0 Å². The number of anilines is 2. The van der Waals surface area contributed by atoms with Crippen molar-refractivity contribution in [1.29, 1.82) is 0 Å². The topological polar surface area (TPSA) is 75.6 Å². The second kappa shape index (κ2) is 5.48. The van der Waals surface area contributed by atoms with Gasteiger partial charge >= 0.3 is 0 Å². The van der Waals surface area contributed by atoms with Crippen LogP contribution < -0.4 is 16.4 Å². The minimum absolute atomic E-state index is 0.421. The molecule has 0 bridgehead atoms. The van der Waals surface area contributed by atoms with Gasteiger partial charge in [0.2, 0.25) is 5.91 Å². The minimum Gasteiger partial charge on any atom is -0.397 e. The number of carbonyl (C=O) groups is 1. The maximum Gasteiger partial charge on any atom is 0.248 e. The van der Waals surface area contributed by atoms with E-state index in [4.69, 9.17) is 11.5 Å². The fraction of sp³-hybridized carbons (Fsp3) is 0.500. The number of benzene rings is 1. The van der Waals surface area contributed by atoms with Gasteiger partial charge in [0.05, 0.1) is 11.4 Å². The molecule has 1 aromatic carbocycles. The molecule has 1 atom stereocenters. The molecule has 1 aromatic rings. The summed E-state index contributed by atoms with van der Waals surface area (Å²) in [6.07, 6.45) is 2.32. The Labute approximate surface area is 114 Å². The van der Waals surface area contributed by atoms with E-state index in [0.29, 0.717) is 17.3 Å². The fourth-order valence-corrected chi connectivity index (χ4v) is 2.65. The smallest absolute Gasteiger partial charge is 0.248 e. The van der Waals surface area contributed by atoms with Gasteiger partial charge in [-0.15, -0.1) is 0 Å². The van der Waals surface area contributed by atoms with Gasteiger partial charge in [0.25, 0.3) is 0 Å². The third-order valence-corrected chi connectivity index (χ3v) is 3.84. The van der Waals surface area contributed by atoms with Crippen molar-refractivity contribution in [3.05, 3.63) is 23.8 Å². The highest BCUT2D eigenvalue weighted by Gasteiger charge is 2.22. The van der Waals surface area contributed by atoms with Crippen molar-refractivity contribution in [1.82, 2.24) is 4.90 Å². The lowest BCUT2D eigenvalue weighted by Crippen LogP contribution is -2.45. The number of likely N-dealkylation sites (N-methyl/N-ethyl adjacent to an activating group) is 2. The first-order chi connectivity index (χ1) is 8.99. The summed E-state index contributed by atoms with van der Waals surface area (Å²) in [6.45, 7) is 2.15. The lowest BCUT2D eigenvalue weighted by atomic mass is 10.0. The zero-order valence-corrected chi connectivity index (χ0v) is 11.6. The summed E-state index contributed by atoms with van der Waals surface area (Å²) in [4.78, 5) is 15.8. The molecule has 0 radical (unpaired) electrons. The van der Waals surface area contributed by atoms with Crippen molar-refractivity contribution in [3.63, 3.8) is 0 Å². The molecule has 1 amide bonds. The molecule has 0 aromatic heterocycles. The van der Waals surface area contributed by atoms with Crippen LogP contribution in [0.1, 0.15) is 23.2 Å². The molecule has 0 spiro atoms. The second-order valence-electron chi connectivity index (χ2n) is 5.31. The van der Waals surface area contributed by atoms with Gasteiger partial charge in [-0.1, -0.05) is 0 Å². The van der Waals surface area contributed by atoms with Crippen LogP contribution >= 0.6 is 0 Å². The first-order valence-corrected chi connectivity index (χ1v) is 6.59. The van der Waals surface area contributed by atoms with Gasteiger partial charge in [0, 0.05) is 25.2 Å². The van der Waals surface area contributed by atoms with Gasteiger partial charge in [0.1, 0.15) is 0 Å². The molecule has 1 heterocycles. The largest absolute Gasteiger partial charge is 0.397 e. The quantitative estimate of drug-likeness (QED) is 0.794. The van der Waals surface area contributed by atoms with Crippen LogP contribution in [0.4, 0.5) is 11.4 Å². The Bertz CT molecular complexity index is 475. The molecule has 0 aliphatic carbocycles. The molecule has 19 heavy (non-hydrogen) atoms. The molecule has 1 aliphatic heterocycles. The van der Waals surface area contributed by atoms with Crippen LogP contribution in [0.15, 0.2) is 18.2 Å². The van der Waals surface area contributed by atoms with E-state index < -0.39 is 5.91 Å². The summed E-state index contributed by atoms with van der Waals surface area (Å²) in [5.74, 6) is -0.421. The van der Waals surface area contributed by atoms with Crippen LogP contribution in [0.2, 0.25) is 0 Å². The minimum atomic E-state index is -0.421. The highest BCUT2D eigenvalue weighted by Crippen LogP contribution is 2.27. The Morgan fingerprint density at radius 3 is 2.84 bits per heavy atom. The van der Waals surface area contributed by atoms with Gasteiger partial charge < -0.3 is 21.3 Å². The molecule has 1 fully saturated rings. The molecule has 1 saturated heterocycles. The predicted octanol–water partition coefficient (Wildman–Crippen LogP) is 0.898. The maximum atomic E-state index is 11.3. The van der Waals surface area contributed by atoms with E-state index in [-0.39, 0.29) is 0 Å². The lowest BCUT2D eigenvalue weighted by molar-refractivity contribution is 0.100. The van der Waals surface area contributed by atoms with E-state index in [1.54, 1.807) is 18.2 Å². The molecular weight excluding hydrogens is 240 g/mol. The number of hydrogen-bond acceptors (Lipinski definition) is 4. The van der Waals surface area contributed by atoms with Gasteiger partial charge in [-0.3, -0.25) is 4.79 Å². The number of nitrogen functional groups attached to an aromatic ring is 1. The van der Waals surface area contributed by atoms with Crippen LogP contribution in [0.25, 0.3) is 0 Å². The standard InChI is InChI=1S/C14H22N4O/c1-17-7-3-4-11(9-17)18(2)13-8-10(14(16)19)5-6-12(13)15/h5-6,8,11H,3-4,7,9,15H2,1-2H3,(H2,16,19). The second-order valence-corrected chi connectivity index (χ2v) is 5.31. The van der Waals surface area contributed by atoms with Crippen molar-refractivity contribution in [2.75, 3.05) is 37.8 Å². The van der Waals surface area contributed by atoms with Crippen molar-refractivity contribution >= 4 is 17.3 Å². The van der Waals surface area contributed by atoms with Crippen LogP contribution in [0.5, 0.6) is 0 Å². The fourth-order valence-electron chi connectivity index (χ4n) is 2.65. The van der Waals surface area contributed by atoms with E-state index in [2.05, 4.69) is 16.8 Å². The summed E-state index contributed by atoms with van der Waals surface area (Å²) in [7, 11) is 4.16. The molecule has 1 aliphatic rings. The van der Waals surface area contributed by atoms with Crippen molar-refractivity contribution in [2.45, 2.75) is 18.9 Å². The average Bonchev–Trinajstić information content (AvgIpc) is 2.38. The average molecular weight is 262 g/mol. The van der Waals surface area contributed by atoms with E-state index in [1.807, 2.05) is 7.05 Å². The molecule has 0 saturated carbocycles. The Morgan fingerprint density at radius 1 is 1.47 bits per heavy atom. The Kier molecular flexibility index (Phi) is 3.95. The molecule has 5 nitrogen and oxygen atoms in total. The molecule has 5 heteroatoms. The number of nitrogens with zero attached hydrogens (tertiary/aromatic N) is 2. The van der Waals surface area contributed by atoms with Gasteiger partial charge in [-0.25, -0.2) is 0 Å². The predicted molar refractivity (Wildman–Crippen MR) is 78.3 cm³/mol. The van der Waals surface area contributed by atoms with E-state index >= 15 is 0 Å². The van der Waals surface area contributed by atoms with Crippen LogP contribution in [-0.2, 0) is 0 Å². The van der Waals surface area contributed by atoms with Crippen molar-refractivity contribution < 1.29 is 4.79 Å². The third-order valence-electron chi connectivity index (χ3n) is 3.84. The zero-order chi connectivity index (χ0) is 14.0. The molecule has 104 valence electrons. The Hall–Kier alpha value is -1.75. The van der Waals surface area contributed by atoms with Crippen LogP contribution in [0, 0.1) is 0 Å². The van der Waals surface area contributed by atoms with Gasteiger partial charge in [-0.2, -0.15) is 0 Å². The molecule has 4 N–H and O–H groups in total. The van der Waals surface area contributed by atoms with Crippen LogP contribution in [-0.4, -0.2) is 44.0 Å². The van der Waals surface area contributed by atoms with E-state index in [0.717, 1.165) is 25.2 Å². The first-order valence-electron chi connectivity index (χ1n) is 6.59. The summed E-state index contributed by atoms with van der Waals surface area (Å²) < 4.78 is 0. The Balaban J connectivity index is 2.24. The zero-order valence-electron chi connectivity index (χ0n) is 11.6. The van der Waals surface area contributed by atoms with E-state index in [9.17, 15) is 4.79 Å². The van der Waals surface area contributed by atoms with Crippen molar-refractivity contribution in [3.8, 4) is 0 Å². The number of rotatable bonds is 3. The summed E-state index contributed by atoms with van der Waals surface area (Å²) in [5, 5.41) is 0. The third kappa shape index (κ3) is 2.98. The normalized spacial score (nSPS) is 20.2. The number of hydrogen-bond donors (Lipinski definition) is 2. The maximum absolute atomic E-state index is 11.3. The van der Waals surface area contributed by atoms with Crippen LogP contribution in [0.3, 0.4) is 0 Å². The van der Waals surface area contributed by atoms with Crippen molar-refractivity contribution in [2.24, 2.45) is 5.73 Å². The highest BCUT2D eigenvalue weighted by atomic mass is 16.1. The number of carbonyl (C=O) groups excluding carboxylic acids is 1. The highest BCUT2D eigenvalue weighted by molar-refractivity contribution is 5.95. The number of primary amides is 1. The van der Waals surface area contributed by atoms with E-state index in [1.165, 1.54) is 6.42 Å². The monoisotopic (exact) mass is 262 g/mol. The summed E-state index contributed by atoms with van der Waals surface area (Å²) >= 11 is 0. The molecular formula is C14H22N4O. The lowest BCUT2D eigenvalue weighted by Gasteiger charge is -2.37. The first kappa shape index (κ1) is 13.7. The Morgan fingerprint density at radius 2 is 2.21 bits per heavy atom.